The van der Waals surface area contributed by atoms with E-state index in [9.17, 15) is 22.8 Å². The van der Waals surface area contributed by atoms with Crippen LogP contribution >= 0.6 is 23.4 Å². The third-order valence-corrected chi connectivity index (χ3v) is 4.97. The fraction of sp³-hybridized carbons (Fsp3) is 0.429. The van der Waals surface area contributed by atoms with Crippen molar-refractivity contribution in [1.29, 1.82) is 0 Å². The van der Waals surface area contributed by atoms with Gasteiger partial charge < -0.3 is 10.0 Å². The maximum absolute atomic E-state index is 13.2. The number of carbonyl (C=O) groups is 2. The van der Waals surface area contributed by atoms with Crippen LogP contribution in [0, 0.1) is 5.41 Å². The van der Waals surface area contributed by atoms with Gasteiger partial charge in [0, 0.05) is 18.0 Å². The van der Waals surface area contributed by atoms with Crippen molar-refractivity contribution in [1.82, 2.24) is 4.90 Å². The topological polar surface area (TPSA) is 57.6 Å². The lowest BCUT2D eigenvalue weighted by molar-refractivity contribution is -0.227. The number of thioether (sulfide) groups is 1. The number of amides is 1. The summed E-state index contributed by atoms with van der Waals surface area (Å²) in [6.07, 6.45) is -3.82. The van der Waals surface area contributed by atoms with Gasteiger partial charge in [-0.3, -0.25) is 9.59 Å². The maximum atomic E-state index is 13.2. The van der Waals surface area contributed by atoms with Gasteiger partial charge in [-0.25, -0.2) is 0 Å². The lowest BCUT2D eigenvalue weighted by Gasteiger charge is -2.27. The lowest BCUT2D eigenvalue weighted by atomic mass is 9.86. The summed E-state index contributed by atoms with van der Waals surface area (Å²) in [5.74, 6) is -2.66. The minimum Gasteiger partial charge on any atom is -0.481 e. The van der Waals surface area contributed by atoms with Crippen LogP contribution in [0.4, 0.5) is 13.2 Å². The Morgan fingerprint density at radius 2 is 2.04 bits per heavy atom. The number of hydrogen-bond acceptors (Lipinski definition) is 3. The van der Waals surface area contributed by atoms with Crippen LogP contribution in [0.1, 0.15) is 16.8 Å². The molecule has 0 aromatic heterocycles. The van der Waals surface area contributed by atoms with E-state index < -0.39 is 36.4 Å². The van der Waals surface area contributed by atoms with Gasteiger partial charge in [0.25, 0.3) is 5.91 Å². The smallest absolute Gasteiger partial charge is 0.406 e. The molecule has 1 aromatic carbocycles. The third-order valence-electron chi connectivity index (χ3n) is 3.91. The van der Waals surface area contributed by atoms with Gasteiger partial charge >= 0.3 is 12.1 Å². The maximum Gasteiger partial charge on any atom is 0.406 e. The Hall–Kier alpha value is -1.41. The van der Waals surface area contributed by atoms with E-state index in [0.29, 0.717) is 0 Å². The molecule has 1 N–H and O–H groups in total. The summed E-state index contributed by atoms with van der Waals surface area (Å²) < 4.78 is 39.5. The fourth-order valence-corrected chi connectivity index (χ4v) is 3.11. The predicted octanol–water partition coefficient (Wildman–Crippen LogP) is 3.54. The number of benzene rings is 1. The summed E-state index contributed by atoms with van der Waals surface area (Å²) in [5, 5.41) is 9.14. The highest BCUT2D eigenvalue weighted by Gasteiger charge is 2.64. The van der Waals surface area contributed by atoms with Crippen molar-refractivity contribution in [3.63, 3.8) is 0 Å². The SMILES string of the molecule is CSc1ccc(Cl)c(C(=O)N2CCC(C(=O)O)(C(F)(F)F)C2)c1. The zero-order valence-electron chi connectivity index (χ0n) is 12.0. The second-order valence-electron chi connectivity index (χ2n) is 5.21. The molecule has 0 spiro atoms. The molecule has 4 nitrogen and oxygen atoms in total. The van der Waals surface area contributed by atoms with Crippen LogP contribution in [-0.2, 0) is 4.79 Å². The molecule has 0 radical (unpaired) electrons. The number of halogens is 4. The Kier molecular flexibility index (Phi) is 4.86. The number of aliphatic carboxylic acids is 1. The number of carboxylic acid groups (broad SMARTS) is 1. The molecule has 126 valence electrons. The molecule has 0 bridgehead atoms. The van der Waals surface area contributed by atoms with Crippen molar-refractivity contribution in [3.05, 3.63) is 28.8 Å². The Morgan fingerprint density at radius 3 is 2.52 bits per heavy atom. The first-order valence-corrected chi connectivity index (χ1v) is 8.15. The van der Waals surface area contributed by atoms with Crippen LogP contribution in [0.2, 0.25) is 5.02 Å². The molecule has 1 aliphatic rings. The molecule has 0 aliphatic carbocycles. The Balaban J connectivity index is 2.31. The van der Waals surface area contributed by atoms with Gasteiger partial charge in [0.05, 0.1) is 10.6 Å². The quantitative estimate of drug-likeness (QED) is 0.830. The number of alkyl halides is 3. The van der Waals surface area contributed by atoms with Gasteiger partial charge in [0.15, 0.2) is 5.41 Å². The van der Waals surface area contributed by atoms with Crippen molar-refractivity contribution in [2.24, 2.45) is 5.41 Å². The second-order valence-corrected chi connectivity index (χ2v) is 6.49. The average molecular weight is 368 g/mol. The van der Waals surface area contributed by atoms with Crippen molar-refractivity contribution >= 4 is 35.2 Å². The van der Waals surface area contributed by atoms with Crippen molar-refractivity contribution in [3.8, 4) is 0 Å². The van der Waals surface area contributed by atoms with E-state index in [2.05, 4.69) is 0 Å². The van der Waals surface area contributed by atoms with E-state index >= 15 is 0 Å². The normalized spacial score (nSPS) is 21.5. The molecule has 1 saturated heterocycles. The summed E-state index contributed by atoms with van der Waals surface area (Å²) in [4.78, 5) is 25.2. The first-order chi connectivity index (χ1) is 10.6. The summed E-state index contributed by atoms with van der Waals surface area (Å²) in [5.41, 5.74) is -2.85. The number of likely N-dealkylation sites (tertiary alicyclic amines) is 1. The van der Waals surface area contributed by atoms with Crippen LogP contribution in [0.3, 0.4) is 0 Å². The van der Waals surface area contributed by atoms with E-state index in [4.69, 9.17) is 16.7 Å². The zero-order valence-corrected chi connectivity index (χ0v) is 13.6. The summed E-state index contributed by atoms with van der Waals surface area (Å²) in [6.45, 7) is -1.20. The van der Waals surface area contributed by atoms with E-state index in [1.165, 1.54) is 23.9 Å². The molecule has 1 unspecified atom stereocenters. The molecular weight excluding hydrogens is 355 g/mol. The lowest BCUT2D eigenvalue weighted by Crippen LogP contribution is -2.47. The minimum absolute atomic E-state index is 0.0712. The molecule has 1 fully saturated rings. The van der Waals surface area contributed by atoms with Crippen LogP contribution in [-0.4, -0.2) is 47.4 Å². The number of hydrogen-bond donors (Lipinski definition) is 1. The molecule has 1 aromatic rings. The fourth-order valence-electron chi connectivity index (χ4n) is 2.48. The van der Waals surface area contributed by atoms with Crippen LogP contribution < -0.4 is 0 Å². The Bertz CT molecular complexity index is 653. The first-order valence-electron chi connectivity index (χ1n) is 6.55. The molecular formula is C14H13ClF3NO3S. The summed E-state index contributed by atoms with van der Waals surface area (Å²) >= 11 is 7.31. The monoisotopic (exact) mass is 367 g/mol. The van der Waals surface area contributed by atoms with Gasteiger partial charge in [-0.15, -0.1) is 11.8 Å². The van der Waals surface area contributed by atoms with Gasteiger partial charge in [-0.1, -0.05) is 11.6 Å². The molecule has 1 atom stereocenters. The molecule has 1 heterocycles. The molecule has 23 heavy (non-hydrogen) atoms. The van der Waals surface area contributed by atoms with Crippen LogP contribution in [0.25, 0.3) is 0 Å². The van der Waals surface area contributed by atoms with Gasteiger partial charge in [-0.2, -0.15) is 13.2 Å². The van der Waals surface area contributed by atoms with Gasteiger partial charge in [0.1, 0.15) is 0 Å². The van der Waals surface area contributed by atoms with Crippen molar-refractivity contribution in [2.75, 3.05) is 19.3 Å². The van der Waals surface area contributed by atoms with E-state index in [1.807, 2.05) is 0 Å². The minimum atomic E-state index is -4.93. The molecule has 9 heteroatoms. The average Bonchev–Trinajstić information content (AvgIpc) is 2.93. The third kappa shape index (κ3) is 3.14. The largest absolute Gasteiger partial charge is 0.481 e. The molecule has 0 saturated carbocycles. The molecule has 1 amide bonds. The first kappa shape index (κ1) is 17.9. The zero-order chi connectivity index (χ0) is 17.4. The summed E-state index contributed by atoms with van der Waals surface area (Å²) in [7, 11) is 0. The van der Waals surface area contributed by atoms with Crippen molar-refractivity contribution in [2.45, 2.75) is 17.5 Å². The van der Waals surface area contributed by atoms with Crippen molar-refractivity contribution < 1.29 is 27.9 Å². The highest BCUT2D eigenvalue weighted by atomic mass is 35.5. The van der Waals surface area contributed by atoms with Crippen LogP contribution in [0.5, 0.6) is 0 Å². The van der Waals surface area contributed by atoms with Gasteiger partial charge in [0.2, 0.25) is 0 Å². The van der Waals surface area contributed by atoms with Crippen LogP contribution in [0.15, 0.2) is 23.1 Å². The standard InChI is InChI=1S/C14H13ClF3NO3S/c1-23-8-2-3-10(15)9(6-8)11(20)19-5-4-13(7-19,12(21)22)14(16,17)18/h2-3,6H,4-5,7H2,1H3,(H,21,22). The van der Waals surface area contributed by atoms with E-state index in [0.717, 1.165) is 9.80 Å². The van der Waals surface area contributed by atoms with E-state index in [-0.39, 0.29) is 17.1 Å². The Labute approximate surface area is 139 Å². The van der Waals surface area contributed by atoms with Gasteiger partial charge in [-0.05, 0) is 30.9 Å². The highest BCUT2D eigenvalue weighted by Crippen LogP contribution is 2.46. The number of carbonyl (C=O) groups excluding carboxylic acids is 1. The molecule has 1 aliphatic heterocycles. The number of carboxylic acids is 1. The predicted molar refractivity (Wildman–Crippen MR) is 79.9 cm³/mol. The Morgan fingerprint density at radius 1 is 1.39 bits per heavy atom. The molecule has 2 rings (SSSR count). The van der Waals surface area contributed by atoms with E-state index in [1.54, 1.807) is 12.3 Å². The highest BCUT2D eigenvalue weighted by molar-refractivity contribution is 7.98. The number of rotatable bonds is 3. The summed E-state index contributed by atoms with van der Waals surface area (Å²) in [6, 6.07) is 4.67. The second kappa shape index (κ2) is 6.24. The number of nitrogens with zero attached hydrogens (tertiary/aromatic N) is 1.